The second-order valence-corrected chi connectivity index (χ2v) is 6.97. The maximum absolute atomic E-state index is 11.9. The Morgan fingerprint density at radius 1 is 1.32 bits per heavy atom. The molecule has 1 aromatic heterocycles. The summed E-state index contributed by atoms with van der Waals surface area (Å²) in [6, 6.07) is 1.98. The van der Waals surface area contributed by atoms with Gasteiger partial charge in [0.1, 0.15) is 0 Å². The highest BCUT2D eigenvalue weighted by Gasteiger charge is 2.32. The number of carbonyl (C=O) groups excluding carboxylic acids is 1. The van der Waals surface area contributed by atoms with Crippen LogP contribution >= 0.6 is 11.3 Å². The third-order valence-corrected chi connectivity index (χ3v) is 4.61. The minimum absolute atomic E-state index is 0.118. The van der Waals surface area contributed by atoms with Crippen LogP contribution in [-0.2, 0) is 9.47 Å². The Labute approximate surface area is 136 Å². The van der Waals surface area contributed by atoms with Crippen LogP contribution in [0.5, 0.6) is 0 Å². The number of rotatable bonds is 7. The number of carbonyl (C=O) groups is 1. The summed E-state index contributed by atoms with van der Waals surface area (Å²) in [6.45, 7) is 8.71. The smallest absolute Gasteiger partial charge is 0.314 e. The van der Waals surface area contributed by atoms with Gasteiger partial charge in [-0.1, -0.05) is 13.8 Å². The molecule has 0 bridgehead atoms. The van der Waals surface area contributed by atoms with Crippen molar-refractivity contribution in [1.29, 1.82) is 0 Å². The molecule has 22 heavy (non-hydrogen) atoms. The molecule has 1 fully saturated rings. The van der Waals surface area contributed by atoms with Crippen molar-refractivity contribution in [2.24, 2.45) is 5.92 Å². The topological polar surface area (TPSA) is 59.6 Å². The second-order valence-electron chi connectivity index (χ2n) is 6.19. The fraction of sp³-hybridized carbons (Fsp3) is 0.688. The first-order valence-electron chi connectivity index (χ1n) is 7.80. The molecule has 1 aromatic rings. The van der Waals surface area contributed by atoms with Crippen molar-refractivity contribution < 1.29 is 14.3 Å². The summed E-state index contributed by atoms with van der Waals surface area (Å²) < 4.78 is 11.2. The molecule has 1 aliphatic heterocycles. The highest BCUT2D eigenvalue weighted by Crippen LogP contribution is 2.26. The Hall–Kier alpha value is -1.11. The Kier molecular flexibility index (Phi) is 6.23. The van der Waals surface area contributed by atoms with E-state index < -0.39 is 5.79 Å². The van der Waals surface area contributed by atoms with Gasteiger partial charge in [0.15, 0.2) is 5.79 Å². The van der Waals surface area contributed by atoms with E-state index in [-0.39, 0.29) is 6.03 Å². The van der Waals surface area contributed by atoms with E-state index in [0.29, 0.717) is 38.1 Å². The van der Waals surface area contributed by atoms with E-state index >= 15 is 0 Å². The van der Waals surface area contributed by atoms with Gasteiger partial charge < -0.3 is 20.1 Å². The normalized spacial score (nSPS) is 19.6. The number of amides is 2. The Bertz CT molecular complexity index is 458. The van der Waals surface area contributed by atoms with Gasteiger partial charge >= 0.3 is 6.03 Å². The molecule has 0 unspecified atom stereocenters. The maximum Gasteiger partial charge on any atom is 0.314 e. The first-order valence-corrected chi connectivity index (χ1v) is 8.74. The Balaban J connectivity index is 1.62. The molecule has 5 nitrogen and oxygen atoms in total. The minimum atomic E-state index is -0.495. The summed E-state index contributed by atoms with van der Waals surface area (Å²) >= 11 is 1.68. The van der Waals surface area contributed by atoms with Crippen molar-refractivity contribution >= 4 is 17.4 Å². The van der Waals surface area contributed by atoms with Gasteiger partial charge in [-0.2, -0.15) is 11.3 Å². The van der Waals surface area contributed by atoms with Gasteiger partial charge in [-0.25, -0.2) is 4.79 Å². The van der Waals surface area contributed by atoms with Crippen molar-refractivity contribution in [3.8, 4) is 0 Å². The van der Waals surface area contributed by atoms with E-state index in [9.17, 15) is 4.79 Å². The zero-order chi connectivity index (χ0) is 16.0. The fourth-order valence-electron chi connectivity index (χ4n) is 2.63. The Morgan fingerprint density at radius 2 is 2.00 bits per heavy atom. The molecule has 1 saturated heterocycles. The zero-order valence-electron chi connectivity index (χ0n) is 13.6. The van der Waals surface area contributed by atoms with Crippen LogP contribution in [-0.4, -0.2) is 38.1 Å². The number of hydrogen-bond acceptors (Lipinski definition) is 4. The molecular formula is C16H26N2O3S. The molecular weight excluding hydrogens is 300 g/mol. The standard InChI is InChI=1S/C16H26N2O3S/c1-12(8-16(3)20-5-6-21-16)9-17-15(19)18-10-13(2)14-4-7-22-11-14/h4,7,11-13H,5-6,8-10H2,1-3H3,(H2,17,18,19)/t12-,13-/m0/s1. The van der Waals surface area contributed by atoms with E-state index in [4.69, 9.17) is 9.47 Å². The summed E-state index contributed by atoms with van der Waals surface area (Å²) in [5.74, 6) is 0.127. The van der Waals surface area contributed by atoms with Crippen LogP contribution in [0.1, 0.15) is 38.7 Å². The van der Waals surface area contributed by atoms with Crippen LogP contribution in [0.3, 0.4) is 0 Å². The molecule has 6 heteroatoms. The van der Waals surface area contributed by atoms with Gasteiger partial charge in [-0.15, -0.1) is 0 Å². The molecule has 2 rings (SSSR count). The average Bonchev–Trinajstić information content (AvgIpc) is 3.14. The molecule has 2 heterocycles. The molecule has 0 radical (unpaired) electrons. The van der Waals surface area contributed by atoms with Crippen LogP contribution < -0.4 is 10.6 Å². The first-order chi connectivity index (χ1) is 10.5. The van der Waals surface area contributed by atoms with Crippen molar-refractivity contribution in [2.45, 2.75) is 38.9 Å². The van der Waals surface area contributed by atoms with Crippen LogP contribution in [0.25, 0.3) is 0 Å². The van der Waals surface area contributed by atoms with Crippen LogP contribution in [0.4, 0.5) is 4.79 Å². The summed E-state index contributed by atoms with van der Waals surface area (Å²) in [5, 5.41) is 10.0. The largest absolute Gasteiger partial charge is 0.348 e. The summed E-state index contributed by atoms with van der Waals surface area (Å²) in [7, 11) is 0. The lowest BCUT2D eigenvalue weighted by Crippen LogP contribution is -2.40. The predicted molar refractivity (Wildman–Crippen MR) is 88.2 cm³/mol. The third-order valence-electron chi connectivity index (χ3n) is 3.91. The van der Waals surface area contributed by atoms with Crippen LogP contribution in [0, 0.1) is 5.92 Å². The summed E-state index contributed by atoms with van der Waals surface area (Å²) in [6.07, 6.45) is 0.776. The average molecular weight is 326 g/mol. The lowest BCUT2D eigenvalue weighted by atomic mass is 10.0. The number of hydrogen-bond donors (Lipinski definition) is 2. The van der Waals surface area contributed by atoms with Crippen molar-refractivity contribution in [3.05, 3.63) is 22.4 Å². The van der Waals surface area contributed by atoms with Crippen LogP contribution in [0.2, 0.25) is 0 Å². The number of ether oxygens (including phenoxy) is 2. The SMILES string of the molecule is C[C@H](CNC(=O)NC[C@H](C)c1ccsc1)CC1(C)OCCO1. The molecule has 124 valence electrons. The van der Waals surface area contributed by atoms with Crippen molar-refractivity contribution in [3.63, 3.8) is 0 Å². The Morgan fingerprint density at radius 3 is 2.64 bits per heavy atom. The highest BCUT2D eigenvalue weighted by molar-refractivity contribution is 7.07. The lowest BCUT2D eigenvalue weighted by molar-refractivity contribution is -0.153. The maximum atomic E-state index is 11.9. The van der Waals surface area contributed by atoms with E-state index in [1.54, 1.807) is 11.3 Å². The fourth-order valence-corrected chi connectivity index (χ4v) is 3.41. The van der Waals surface area contributed by atoms with Gasteiger partial charge in [-0.3, -0.25) is 0 Å². The summed E-state index contributed by atoms with van der Waals surface area (Å²) in [5.41, 5.74) is 1.27. The third kappa shape index (κ3) is 5.26. The van der Waals surface area contributed by atoms with E-state index in [1.807, 2.05) is 6.92 Å². The molecule has 2 amide bonds. The summed E-state index contributed by atoms with van der Waals surface area (Å²) in [4.78, 5) is 11.9. The number of nitrogens with one attached hydrogen (secondary N) is 2. The molecule has 0 saturated carbocycles. The van der Waals surface area contributed by atoms with Gasteiger partial charge in [0.05, 0.1) is 13.2 Å². The molecule has 1 aliphatic rings. The quantitative estimate of drug-likeness (QED) is 0.810. The van der Waals surface area contributed by atoms with Crippen molar-refractivity contribution in [1.82, 2.24) is 10.6 Å². The highest BCUT2D eigenvalue weighted by atomic mass is 32.1. The van der Waals surface area contributed by atoms with E-state index in [1.165, 1.54) is 5.56 Å². The first kappa shape index (κ1) is 17.2. The second kappa shape index (κ2) is 7.94. The van der Waals surface area contributed by atoms with Gasteiger partial charge in [-0.05, 0) is 41.1 Å². The number of thiophene rings is 1. The van der Waals surface area contributed by atoms with E-state index in [2.05, 4.69) is 41.3 Å². The van der Waals surface area contributed by atoms with Gasteiger partial charge in [0.25, 0.3) is 0 Å². The minimum Gasteiger partial charge on any atom is -0.348 e. The molecule has 2 N–H and O–H groups in total. The molecule has 0 aromatic carbocycles. The van der Waals surface area contributed by atoms with Crippen molar-refractivity contribution in [2.75, 3.05) is 26.3 Å². The molecule has 0 spiro atoms. The van der Waals surface area contributed by atoms with Gasteiger partial charge in [0, 0.05) is 19.5 Å². The molecule has 2 atom stereocenters. The predicted octanol–water partition coefficient (Wildman–Crippen LogP) is 2.94. The monoisotopic (exact) mass is 326 g/mol. The van der Waals surface area contributed by atoms with E-state index in [0.717, 1.165) is 6.42 Å². The lowest BCUT2D eigenvalue weighted by Gasteiger charge is -2.26. The zero-order valence-corrected chi connectivity index (χ0v) is 14.4. The number of urea groups is 1. The van der Waals surface area contributed by atoms with Gasteiger partial charge in [0.2, 0.25) is 0 Å². The molecule has 0 aliphatic carbocycles. The van der Waals surface area contributed by atoms with Crippen LogP contribution in [0.15, 0.2) is 16.8 Å².